The molecule has 2 heterocycles. The van der Waals surface area contributed by atoms with E-state index in [4.69, 9.17) is 4.52 Å². The Bertz CT molecular complexity index is 747. The van der Waals surface area contributed by atoms with E-state index in [0.717, 1.165) is 34.5 Å². The number of hydrogen-bond donors (Lipinski definition) is 1. The second-order valence-electron chi connectivity index (χ2n) is 8.22. The van der Waals surface area contributed by atoms with E-state index in [1.54, 1.807) is 6.20 Å². The van der Waals surface area contributed by atoms with Gasteiger partial charge in [-0.2, -0.15) is 5.10 Å². The molecule has 6 heteroatoms. The number of fused-ring (bicyclic) bond motifs is 2. The van der Waals surface area contributed by atoms with Crippen LogP contribution in [-0.2, 0) is 11.3 Å². The van der Waals surface area contributed by atoms with Crippen molar-refractivity contribution in [1.82, 2.24) is 14.9 Å². The maximum atomic E-state index is 12.5. The lowest BCUT2D eigenvalue weighted by atomic mass is 9.67. The number of anilines is 1. The summed E-state index contributed by atoms with van der Waals surface area (Å²) < 4.78 is 7.01. The minimum absolute atomic E-state index is 0.117. The van der Waals surface area contributed by atoms with Crippen LogP contribution in [0.25, 0.3) is 0 Å². The molecular weight excluding hydrogens is 328 g/mol. The number of carbonyl (C=O) groups is 1. The van der Waals surface area contributed by atoms with Gasteiger partial charge in [0.1, 0.15) is 5.76 Å². The molecule has 0 spiro atoms. The SMILES string of the molecule is Cc1noc(C)c1Cn1cc(NC(=O)CC2CC3CCCC(C3)C2)cn1. The highest BCUT2D eigenvalue weighted by Crippen LogP contribution is 2.43. The quantitative estimate of drug-likeness (QED) is 0.876. The average molecular weight is 356 g/mol. The van der Waals surface area contributed by atoms with Gasteiger partial charge >= 0.3 is 0 Å². The van der Waals surface area contributed by atoms with Crippen LogP contribution in [0.1, 0.15) is 62.0 Å². The summed E-state index contributed by atoms with van der Waals surface area (Å²) in [6, 6.07) is 0. The van der Waals surface area contributed by atoms with Crippen LogP contribution in [0.15, 0.2) is 16.9 Å². The Balaban J connectivity index is 1.31. The predicted molar refractivity (Wildman–Crippen MR) is 98.7 cm³/mol. The van der Waals surface area contributed by atoms with Gasteiger partial charge in [-0.1, -0.05) is 24.4 Å². The zero-order valence-electron chi connectivity index (χ0n) is 15.7. The Kier molecular flexibility index (Phi) is 4.83. The molecule has 2 aliphatic rings. The van der Waals surface area contributed by atoms with E-state index in [2.05, 4.69) is 15.6 Å². The molecular formula is C20H28N4O2. The summed E-state index contributed by atoms with van der Waals surface area (Å²) in [7, 11) is 0. The first-order valence-electron chi connectivity index (χ1n) is 9.81. The molecule has 2 fully saturated rings. The van der Waals surface area contributed by atoms with Crippen molar-refractivity contribution >= 4 is 11.6 Å². The molecule has 2 saturated carbocycles. The van der Waals surface area contributed by atoms with E-state index in [1.807, 2.05) is 24.7 Å². The lowest BCUT2D eigenvalue weighted by Crippen LogP contribution is -2.29. The van der Waals surface area contributed by atoms with Crippen LogP contribution >= 0.6 is 0 Å². The topological polar surface area (TPSA) is 73.0 Å². The smallest absolute Gasteiger partial charge is 0.224 e. The minimum atomic E-state index is 0.117. The van der Waals surface area contributed by atoms with E-state index < -0.39 is 0 Å². The van der Waals surface area contributed by atoms with Crippen molar-refractivity contribution < 1.29 is 9.32 Å². The average Bonchev–Trinajstić information content (AvgIpc) is 3.16. The molecule has 0 aromatic carbocycles. The molecule has 2 aliphatic carbocycles. The standard InChI is InChI=1S/C20H28N4O2/c1-13-19(14(2)26-23-13)12-24-11-18(10-21-24)22-20(25)9-17-7-15-4-3-5-16(6-15)8-17/h10-11,15-17H,3-9,12H2,1-2H3,(H,22,25). The maximum Gasteiger partial charge on any atom is 0.224 e. The summed E-state index contributed by atoms with van der Waals surface area (Å²) >= 11 is 0. The number of amides is 1. The molecule has 0 aliphatic heterocycles. The number of nitrogens with one attached hydrogen (secondary N) is 1. The van der Waals surface area contributed by atoms with Crippen molar-refractivity contribution in [2.75, 3.05) is 5.32 Å². The molecule has 6 nitrogen and oxygen atoms in total. The Morgan fingerprint density at radius 1 is 1.27 bits per heavy atom. The Morgan fingerprint density at radius 3 is 2.73 bits per heavy atom. The lowest BCUT2D eigenvalue weighted by molar-refractivity contribution is -0.117. The predicted octanol–water partition coefficient (Wildman–Crippen LogP) is 4.08. The number of hydrogen-bond acceptors (Lipinski definition) is 4. The normalized spacial score (nSPS) is 25.2. The van der Waals surface area contributed by atoms with Crippen molar-refractivity contribution in [3.8, 4) is 0 Å². The molecule has 2 aromatic heterocycles. The number of aromatic nitrogens is 3. The Labute approximate surface area is 154 Å². The van der Waals surface area contributed by atoms with Gasteiger partial charge in [-0.05, 0) is 50.9 Å². The molecule has 2 atom stereocenters. The van der Waals surface area contributed by atoms with Crippen LogP contribution in [0.4, 0.5) is 5.69 Å². The van der Waals surface area contributed by atoms with Crippen molar-refractivity contribution in [3.05, 3.63) is 29.4 Å². The van der Waals surface area contributed by atoms with Gasteiger partial charge in [0.25, 0.3) is 0 Å². The van der Waals surface area contributed by atoms with Gasteiger partial charge in [-0.3, -0.25) is 9.48 Å². The monoisotopic (exact) mass is 356 g/mol. The zero-order chi connectivity index (χ0) is 18.1. The summed E-state index contributed by atoms with van der Waals surface area (Å²) in [4.78, 5) is 12.5. The fourth-order valence-electron chi connectivity index (χ4n) is 4.91. The van der Waals surface area contributed by atoms with Gasteiger partial charge in [0.05, 0.1) is 24.1 Å². The van der Waals surface area contributed by atoms with E-state index in [0.29, 0.717) is 18.9 Å². The highest BCUT2D eigenvalue weighted by atomic mass is 16.5. The van der Waals surface area contributed by atoms with Gasteiger partial charge in [-0.25, -0.2) is 0 Å². The molecule has 4 rings (SSSR count). The molecule has 1 N–H and O–H groups in total. The molecule has 2 aromatic rings. The summed E-state index contributed by atoms with van der Waals surface area (Å²) in [6.45, 7) is 4.43. The van der Waals surface area contributed by atoms with Gasteiger partial charge in [0.15, 0.2) is 0 Å². The second kappa shape index (κ2) is 7.25. The van der Waals surface area contributed by atoms with E-state index >= 15 is 0 Å². The largest absolute Gasteiger partial charge is 0.361 e. The van der Waals surface area contributed by atoms with Crippen LogP contribution in [-0.4, -0.2) is 20.8 Å². The number of nitrogens with zero attached hydrogens (tertiary/aromatic N) is 3. The maximum absolute atomic E-state index is 12.5. The summed E-state index contributed by atoms with van der Waals surface area (Å²) in [5.74, 6) is 3.20. The van der Waals surface area contributed by atoms with Crippen LogP contribution < -0.4 is 5.32 Å². The van der Waals surface area contributed by atoms with Crippen LogP contribution in [0.3, 0.4) is 0 Å². The molecule has 140 valence electrons. The van der Waals surface area contributed by atoms with Crippen molar-refractivity contribution in [3.63, 3.8) is 0 Å². The van der Waals surface area contributed by atoms with Gasteiger partial charge in [0.2, 0.25) is 5.91 Å². The summed E-state index contributed by atoms with van der Waals surface area (Å²) in [6.07, 6.45) is 12.2. The molecule has 0 radical (unpaired) electrons. The number of aryl methyl sites for hydroxylation is 2. The van der Waals surface area contributed by atoms with Gasteiger partial charge in [0, 0.05) is 18.2 Å². The number of rotatable bonds is 5. The Hall–Kier alpha value is -2.11. The van der Waals surface area contributed by atoms with Gasteiger partial charge in [-0.15, -0.1) is 0 Å². The first-order chi connectivity index (χ1) is 12.6. The minimum Gasteiger partial charge on any atom is -0.361 e. The van der Waals surface area contributed by atoms with Crippen molar-refractivity contribution in [1.29, 1.82) is 0 Å². The third-order valence-corrected chi connectivity index (χ3v) is 6.12. The van der Waals surface area contributed by atoms with E-state index in [1.165, 1.54) is 38.5 Å². The summed E-state index contributed by atoms with van der Waals surface area (Å²) in [5, 5.41) is 11.3. The van der Waals surface area contributed by atoms with Crippen molar-refractivity contribution in [2.24, 2.45) is 17.8 Å². The highest BCUT2D eigenvalue weighted by Gasteiger charge is 2.32. The molecule has 26 heavy (non-hydrogen) atoms. The van der Waals surface area contributed by atoms with Crippen molar-refractivity contribution in [2.45, 2.75) is 65.3 Å². The lowest BCUT2D eigenvalue weighted by Gasteiger charge is -2.38. The third-order valence-electron chi connectivity index (χ3n) is 6.12. The molecule has 0 saturated heterocycles. The van der Waals surface area contributed by atoms with Crippen LogP contribution in [0.2, 0.25) is 0 Å². The van der Waals surface area contributed by atoms with Gasteiger partial charge < -0.3 is 9.84 Å². The van der Waals surface area contributed by atoms with Crippen LogP contribution in [0, 0.1) is 31.6 Å². The Morgan fingerprint density at radius 2 is 2.04 bits per heavy atom. The zero-order valence-corrected chi connectivity index (χ0v) is 15.7. The first-order valence-corrected chi connectivity index (χ1v) is 9.81. The fourth-order valence-corrected chi connectivity index (χ4v) is 4.91. The number of carbonyl (C=O) groups excluding carboxylic acids is 1. The van der Waals surface area contributed by atoms with E-state index in [9.17, 15) is 4.79 Å². The van der Waals surface area contributed by atoms with Crippen LogP contribution in [0.5, 0.6) is 0 Å². The van der Waals surface area contributed by atoms with E-state index in [-0.39, 0.29) is 5.91 Å². The second-order valence-corrected chi connectivity index (χ2v) is 8.22. The summed E-state index contributed by atoms with van der Waals surface area (Å²) in [5.41, 5.74) is 2.68. The molecule has 2 unspecified atom stereocenters. The third kappa shape index (κ3) is 3.84. The molecule has 1 amide bonds. The fraction of sp³-hybridized carbons (Fsp3) is 0.650. The molecule has 2 bridgehead atoms. The highest BCUT2D eigenvalue weighted by molar-refractivity contribution is 5.90. The first kappa shape index (κ1) is 17.3.